The molecule has 0 aromatic heterocycles. The molecular formula is C24H34N6O5. The Morgan fingerprint density at radius 3 is 2.31 bits per heavy atom. The maximum Gasteiger partial charge on any atom is 0.344 e. The van der Waals surface area contributed by atoms with Crippen molar-refractivity contribution in [2.24, 2.45) is 0 Å². The molecule has 5 amide bonds. The molecule has 1 aromatic carbocycles. The molecule has 2 N–H and O–H groups in total. The fourth-order valence-corrected chi connectivity index (χ4v) is 4.77. The molecule has 0 aliphatic carbocycles. The molecule has 11 heteroatoms. The summed E-state index contributed by atoms with van der Waals surface area (Å²) in [4.78, 5) is 56.8. The molecule has 0 radical (unpaired) electrons. The minimum absolute atomic E-state index is 0.0564. The van der Waals surface area contributed by atoms with Gasteiger partial charge in [-0.1, -0.05) is 12.1 Å². The van der Waals surface area contributed by atoms with Crippen LogP contribution in [-0.4, -0.2) is 103 Å². The average Bonchev–Trinajstić information content (AvgIpc) is 3.09. The maximum absolute atomic E-state index is 13.1. The van der Waals surface area contributed by atoms with Crippen LogP contribution in [0.15, 0.2) is 24.3 Å². The Morgan fingerprint density at radius 2 is 1.66 bits per heavy atom. The molecule has 3 aliphatic heterocycles. The smallest absolute Gasteiger partial charge is 0.344 e. The summed E-state index contributed by atoms with van der Waals surface area (Å²) in [6.07, 6.45) is 3.34. The van der Waals surface area contributed by atoms with E-state index in [2.05, 4.69) is 15.6 Å². The van der Waals surface area contributed by atoms with E-state index in [4.69, 9.17) is 4.74 Å². The van der Waals surface area contributed by atoms with Crippen molar-refractivity contribution in [1.82, 2.24) is 30.5 Å². The Morgan fingerprint density at radius 1 is 1.00 bits per heavy atom. The summed E-state index contributed by atoms with van der Waals surface area (Å²) < 4.78 is 5.22. The van der Waals surface area contributed by atoms with E-state index in [1.165, 1.54) is 13.5 Å². The molecule has 3 fully saturated rings. The third-order valence-electron chi connectivity index (χ3n) is 6.97. The van der Waals surface area contributed by atoms with Crippen molar-refractivity contribution >= 4 is 23.8 Å². The summed E-state index contributed by atoms with van der Waals surface area (Å²) in [5.41, 5.74) is 1.69. The van der Waals surface area contributed by atoms with Crippen molar-refractivity contribution in [2.45, 2.75) is 31.7 Å². The summed E-state index contributed by atoms with van der Waals surface area (Å²) in [5, 5.41) is 3.41. The molecule has 0 bridgehead atoms. The lowest BCUT2D eigenvalue weighted by atomic mass is 9.92. The lowest BCUT2D eigenvalue weighted by molar-refractivity contribution is -0.139. The Labute approximate surface area is 205 Å². The van der Waals surface area contributed by atoms with Crippen LogP contribution >= 0.6 is 0 Å². The SMILES string of the molecule is COc1cccc(C2(C)NC(=O)N(NC(=O)CN3CCN(CC(=O)N4CCCCC4)CC3)C2=O)c1. The Kier molecular flexibility index (Phi) is 7.56. The number of piperazine rings is 1. The zero-order valence-electron chi connectivity index (χ0n) is 20.4. The number of ether oxygens (including phenoxy) is 1. The highest BCUT2D eigenvalue weighted by molar-refractivity contribution is 6.08. The number of hydrazine groups is 1. The second-order valence-electron chi connectivity index (χ2n) is 9.46. The monoisotopic (exact) mass is 486 g/mol. The van der Waals surface area contributed by atoms with E-state index in [9.17, 15) is 19.2 Å². The van der Waals surface area contributed by atoms with E-state index in [-0.39, 0.29) is 12.5 Å². The molecule has 11 nitrogen and oxygen atoms in total. The number of methoxy groups -OCH3 is 1. The van der Waals surface area contributed by atoms with Crippen molar-refractivity contribution in [1.29, 1.82) is 0 Å². The van der Waals surface area contributed by atoms with Crippen LogP contribution in [-0.2, 0) is 19.9 Å². The number of imide groups is 1. The molecule has 1 unspecified atom stereocenters. The van der Waals surface area contributed by atoms with E-state index in [1.807, 2.05) is 9.80 Å². The summed E-state index contributed by atoms with van der Waals surface area (Å²) in [5.74, 6) is -0.273. The highest BCUT2D eigenvalue weighted by Gasteiger charge is 2.50. The van der Waals surface area contributed by atoms with Crippen LogP contribution in [0.2, 0.25) is 0 Å². The summed E-state index contributed by atoms with van der Waals surface area (Å²) in [6.45, 7) is 6.38. The van der Waals surface area contributed by atoms with Gasteiger partial charge in [0.05, 0.1) is 20.2 Å². The summed E-state index contributed by atoms with van der Waals surface area (Å²) in [6, 6.07) is 6.20. The molecule has 3 heterocycles. The van der Waals surface area contributed by atoms with Gasteiger partial charge in [-0.25, -0.2) is 4.79 Å². The second kappa shape index (κ2) is 10.6. The van der Waals surface area contributed by atoms with Crippen LogP contribution in [0, 0.1) is 0 Å². The number of likely N-dealkylation sites (tertiary alicyclic amines) is 1. The number of rotatable bonds is 7. The van der Waals surface area contributed by atoms with Gasteiger partial charge in [-0.2, -0.15) is 5.01 Å². The third-order valence-corrected chi connectivity index (χ3v) is 6.97. The molecule has 1 aromatic rings. The van der Waals surface area contributed by atoms with Crippen LogP contribution in [0.4, 0.5) is 4.79 Å². The number of benzene rings is 1. The van der Waals surface area contributed by atoms with Crippen LogP contribution in [0.1, 0.15) is 31.7 Å². The normalized spacial score (nSPS) is 23.8. The highest BCUT2D eigenvalue weighted by Crippen LogP contribution is 2.30. The zero-order valence-corrected chi connectivity index (χ0v) is 20.4. The number of carbonyl (C=O) groups is 4. The summed E-state index contributed by atoms with van der Waals surface area (Å²) >= 11 is 0. The molecule has 0 spiro atoms. The van der Waals surface area contributed by atoms with Crippen molar-refractivity contribution < 1.29 is 23.9 Å². The largest absolute Gasteiger partial charge is 0.497 e. The van der Waals surface area contributed by atoms with Crippen molar-refractivity contribution in [2.75, 3.05) is 59.5 Å². The van der Waals surface area contributed by atoms with E-state index in [0.717, 1.165) is 30.9 Å². The zero-order chi connectivity index (χ0) is 25.0. The average molecular weight is 487 g/mol. The highest BCUT2D eigenvalue weighted by atomic mass is 16.5. The molecule has 4 rings (SSSR count). The number of nitrogens with one attached hydrogen (secondary N) is 2. The maximum atomic E-state index is 13.1. The van der Waals surface area contributed by atoms with Gasteiger partial charge in [0, 0.05) is 39.3 Å². The lowest BCUT2D eigenvalue weighted by Gasteiger charge is -2.35. The van der Waals surface area contributed by atoms with Gasteiger partial charge in [0.25, 0.3) is 11.8 Å². The van der Waals surface area contributed by atoms with Gasteiger partial charge >= 0.3 is 6.03 Å². The van der Waals surface area contributed by atoms with E-state index in [1.54, 1.807) is 31.2 Å². The number of amides is 5. The second-order valence-corrected chi connectivity index (χ2v) is 9.46. The minimum atomic E-state index is -1.31. The van der Waals surface area contributed by atoms with E-state index >= 15 is 0 Å². The van der Waals surface area contributed by atoms with Crippen LogP contribution in [0.5, 0.6) is 5.75 Å². The topological polar surface area (TPSA) is 115 Å². The van der Waals surface area contributed by atoms with Gasteiger partial charge in [0.15, 0.2) is 0 Å². The minimum Gasteiger partial charge on any atom is -0.497 e. The molecule has 3 saturated heterocycles. The first-order valence-electron chi connectivity index (χ1n) is 12.1. The first-order chi connectivity index (χ1) is 16.8. The first-order valence-corrected chi connectivity index (χ1v) is 12.1. The van der Waals surface area contributed by atoms with Crippen molar-refractivity contribution in [3.8, 4) is 5.75 Å². The number of piperidine rings is 1. The molecule has 3 aliphatic rings. The van der Waals surface area contributed by atoms with Crippen LogP contribution in [0.25, 0.3) is 0 Å². The quantitative estimate of drug-likeness (QED) is 0.527. The number of nitrogens with zero attached hydrogens (tertiary/aromatic N) is 4. The molecule has 190 valence electrons. The molecule has 35 heavy (non-hydrogen) atoms. The Bertz CT molecular complexity index is 973. The summed E-state index contributed by atoms with van der Waals surface area (Å²) in [7, 11) is 1.52. The Balaban J connectivity index is 1.26. The first kappa shape index (κ1) is 24.9. The fourth-order valence-electron chi connectivity index (χ4n) is 4.77. The van der Waals surface area contributed by atoms with Gasteiger partial charge in [-0.3, -0.25) is 29.6 Å². The third kappa shape index (κ3) is 5.57. The van der Waals surface area contributed by atoms with E-state index in [0.29, 0.717) is 44.0 Å². The number of carbonyl (C=O) groups excluding carboxylic acids is 4. The molecule has 0 saturated carbocycles. The van der Waals surface area contributed by atoms with Crippen LogP contribution < -0.4 is 15.5 Å². The van der Waals surface area contributed by atoms with Gasteiger partial charge in [-0.05, 0) is 43.9 Å². The number of urea groups is 1. The molecule has 1 atom stereocenters. The lowest BCUT2D eigenvalue weighted by Crippen LogP contribution is -2.54. The van der Waals surface area contributed by atoms with Gasteiger partial charge in [0.1, 0.15) is 11.3 Å². The fraction of sp³-hybridized carbons (Fsp3) is 0.583. The van der Waals surface area contributed by atoms with Gasteiger partial charge < -0.3 is 15.0 Å². The number of hydrogen-bond acceptors (Lipinski definition) is 7. The van der Waals surface area contributed by atoms with E-state index < -0.39 is 23.4 Å². The standard InChI is InChI=1S/C24H34N6O5/c1-24(18-7-6-8-19(15-18)35-2)22(33)30(23(34)25-24)26-20(31)16-27-11-13-28(14-12-27)17-21(32)29-9-4-3-5-10-29/h6-8,15H,3-5,9-14,16-17H2,1-2H3,(H,25,34)(H,26,31). The van der Waals surface area contributed by atoms with Gasteiger partial charge in [0.2, 0.25) is 5.91 Å². The van der Waals surface area contributed by atoms with Crippen molar-refractivity contribution in [3.05, 3.63) is 29.8 Å². The predicted octanol–water partition coefficient (Wildman–Crippen LogP) is 0.124. The molecular weight excluding hydrogens is 452 g/mol. The van der Waals surface area contributed by atoms with Crippen LogP contribution in [0.3, 0.4) is 0 Å². The predicted molar refractivity (Wildman–Crippen MR) is 127 cm³/mol. The number of hydrogen-bond donors (Lipinski definition) is 2. The van der Waals surface area contributed by atoms with Crippen molar-refractivity contribution in [3.63, 3.8) is 0 Å². The Hall–Kier alpha value is -3.18. The van der Waals surface area contributed by atoms with Gasteiger partial charge in [-0.15, -0.1) is 0 Å².